The summed E-state index contributed by atoms with van der Waals surface area (Å²) in [5, 5.41) is 9.81. The third kappa shape index (κ3) is 5.19. The predicted octanol–water partition coefficient (Wildman–Crippen LogP) is 2.12. The smallest absolute Gasteiger partial charge is 0.166 e. The van der Waals surface area contributed by atoms with Gasteiger partial charge in [-0.2, -0.15) is 0 Å². The second-order valence-corrected chi connectivity index (χ2v) is 4.76. The maximum Gasteiger partial charge on any atom is 0.166 e. The average molecular weight is 316 g/mol. The van der Waals surface area contributed by atoms with Crippen LogP contribution < -0.4 is 4.74 Å². The van der Waals surface area contributed by atoms with Crippen molar-refractivity contribution < 1.29 is 19.4 Å². The number of hydrogen-bond donors (Lipinski definition) is 1. The number of halogens is 1. The molecule has 0 unspecified atom stereocenters. The zero-order valence-electron chi connectivity index (χ0n) is 12.2. The Morgan fingerprint density at radius 1 is 1.38 bits per heavy atom. The minimum atomic E-state index is -0.0673. The molecule has 5 nitrogen and oxygen atoms in total. The van der Waals surface area contributed by atoms with E-state index in [1.165, 1.54) is 6.07 Å². The van der Waals surface area contributed by atoms with Gasteiger partial charge in [0, 0.05) is 32.1 Å². The molecule has 1 heterocycles. The Morgan fingerprint density at radius 2 is 2.10 bits per heavy atom. The second kappa shape index (κ2) is 8.87. The van der Waals surface area contributed by atoms with Crippen LogP contribution in [0.3, 0.4) is 0 Å². The van der Waals surface area contributed by atoms with Crippen LogP contribution in [0.4, 0.5) is 0 Å². The summed E-state index contributed by atoms with van der Waals surface area (Å²) in [5.74, 6) is 0.506. The molecule has 0 amide bonds. The topological polar surface area (TPSA) is 59.0 Å². The van der Waals surface area contributed by atoms with E-state index in [1.807, 2.05) is 0 Å². The van der Waals surface area contributed by atoms with E-state index >= 15 is 0 Å². The fourth-order valence-corrected chi connectivity index (χ4v) is 2.14. The van der Waals surface area contributed by atoms with E-state index in [2.05, 4.69) is 4.90 Å². The Bertz CT molecular complexity index is 461. The van der Waals surface area contributed by atoms with Crippen LogP contribution in [0.5, 0.6) is 11.5 Å². The molecule has 1 saturated heterocycles. The Labute approximate surface area is 131 Å². The number of phenols is 1. The van der Waals surface area contributed by atoms with Crippen molar-refractivity contribution >= 4 is 18.2 Å². The Kier molecular flexibility index (Phi) is 7.50. The highest BCUT2D eigenvalue weighted by atomic mass is 35.5. The van der Waals surface area contributed by atoms with Crippen molar-refractivity contribution in [2.75, 3.05) is 39.5 Å². The first-order chi connectivity index (χ1) is 9.70. The molecule has 0 spiro atoms. The van der Waals surface area contributed by atoms with Crippen molar-refractivity contribution in [3.8, 4) is 11.5 Å². The maximum absolute atomic E-state index is 11.5. The summed E-state index contributed by atoms with van der Waals surface area (Å²) in [6, 6.07) is 4.84. The molecule has 2 rings (SSSR count). The van der Waals surface area contributed by atoms with Crippen LogP contribution >= 0.6 is 12.4 Å². The van der Waals surface area contributed by atoms with Crippen molar-refractivity contribution in [3.63, 3.8) is 0 Å². The van der Waals surface area contributed by atoms with E-state index in [9.17, 15) is 9.90 Å². The van der Waals surface area contributed by atoms with Gasteiger partial charge in [0.1, 0.15) is 18.1 Å². The van der Waals surface area contributed by atoms with Gasteiger partial charge in [0.15, 0.2) is 5.78 Å². The number of carbonyl (C=O) groups excluding carboxylic acids is 1. The highest BCUT2D eigenvalue weighted by molar-refractivity contribution is 5.98. The average Bonchev–Trinajstić information content (AvgIpc) is 2.48. The Balaban J connectivity index is 0.00000220. The molecule has 0 saturated carbocycles. The first kappa shape index (κ1) is 17.8. The van der Waals surface area contributed by atoms with E-state index in [-0.39, 0.29) is 23.9 Å². The lowest BCUT2D eigenvalue weighted by Gasteiger charge is -2.26. The minimum absolute atomic E-state index is 0. The molecule has 1 aromatic carbocycles. The number of ether oxygens (including phenoxy) is 2. The van der Waals surface area contributed by atoms with Gasteiger partial charge in [0.05, 0.1) is 18.8 Å². The largest absolute Gasteiger partial charge is 0.507 e. The molecule has 1 N–H and O–H groups in total. The standard InChI is InChI=1S/C15H21NO4.ClH/c1-2-14(17)13-4-3-12(11-15(13)18)20-10-7-16-5-8-19-9-6-16;/h3-4,11,18H,2,5-10H2,1H3;1H. The zero-order chi connectivity index (χ0) is 14.4. The minimum Gasteiger partial charge on any atom is -0.507 e. The summed E-state index contributed by atoms with van der Waals surface area (Å²) in [7, 11) is 0. The monoisotopic (exact) mass is 315 g/mol. The number of nitrogens with zero attached hydrogens (tertiary/aromatic N) is 1. The Hall–Kier alpha value is -1.30. The number of Topliss-reactive ketones (excluding diaryl/α,β-unsaturated/α-hetero) is 1. The van der Waals surface area contributed by atoms with Crippen LogP contribution in [0.25, 0.3) is 0 Å². The molecular formula is C15H22ClNO4. The number of aromatic hydroxyl groups is 1. The SMILES string of the molecule is CCC(=O)c1ccc(OCCN2CCOCC2)cc1O.Cl. The highest BCUT2D eigenvalue weighted by Crippen LogP contribution is 2.24. The van der Waals surface area contributed by atoms with E-state index in [1.54, 1.807) is 19.1 Å². The molecular weight excluding hydrogens is 294 g/mol. The number of phenolic OH excluding ortho intramolecular Hbond substituents is 1. The Morgan fingerprint density at radius 3 is 2.71 bits per heavy atom. The second-order valence-electron chi connectivity index (χ2n) is 4.76. The maximum atomic E-state index is 11.5. The molecule has 0 atom stereocenters. The number of morpholine rings is 1. The van der Waals surface area contributed by atoms with Gasteiger partial charge >= 0.3 is 0 Å². The molecule has 0 aromatic heterocycles. The molecule has 6 heteroatoms. The van der Waals surface area contributed by atoms with Gasteiger partial charge in [-0.25, -0.2) is 0 Å². The molecule has 1 aliphatic rings. The van der Waals surface area contributed by atoms with Gasteiger partial charge in [-0.3, -0.25) is 9.69 Å². The summed E-state index contributed by atoms with van der Waals surface area (Å²) in [6.45, 7) is 6.56. The van der Waals surface area contributed by atoms with E-state index in [4.69, 9.17) is 9.47 Å². The van der Waals surface area contributed by atoms with Gasteiger partial charge in [0.25, 0.3) is 0 Å². The third-order valence-corrected chi connectivity index (χ3v) is 3.37. The van der Waals surface area contributed by atoms with Crippen molar-refractivity contribution in [2.24, 2.45) is 0 Å². The van der Waals surface area contributed by atoms with Crippen LogP contribution in [0.15, 0.2) is 18.2 Å². The molecule has 0 radical (unpaired) electrons. The number of rotatable bonds is 6. The molecule has 21 heavy (non-hydrogen) atoms. The van der Waals surface area contributed by atoms with Crippen molar-refractivity contribution in [1.29, 1.82) is 0 Å². The molecule has 0 aliphatic carbocycles. The van der Waals surface area contributed by atoms with Crippen LogP contribution in [0.1, 0.15) is 23.7 Å². The first-order valence-corrected chi connectivity index (χ1v) is 7.00. The third-order valence-electron chi connectivity index (χ3n) is 3.37. The summed E-state index contributed by atoms with van der Waals surface area (Å²) in [5.41, 5.74) is 0.355. The van der Waals surface area contributed by atoms with Crippen LogP contribution in [0, 0.1) is 0 Å². The van der Waals surface area contributed by atoms with Gasteiger partial charge in [-0.05, 0) is 12.1 Å². The number of hydrogen-bond acceptors (Lipinski definition) is 5. The van der Waals surface area contributed by atoms with E-state index in [0.29, 0.717) is 24.3 Å². The molecule has 1 aromatic rings. The highest BCUT2D eigenvalue weighted by Gasteiger charge is 2.12. The summed E-state index contributed by atoms with van der Waals surface area (Å²) in [4.78, 5) is 13.8. The normalized spacial score (nSPS) is 15.3. The van der Waals surface area contributed by atoms with Crippen molar-refractivity contribution in [2.45, 2.75) is 13.3 Å². The first-order valence-electron chi connectivity index (χ1n) is 7.00. The fourth-order valence-electron chi connectivity index (χ4n) is 2.14. The number of benzene rings is 1. The molecule has 1 aliphatic heterocycles. The lowest BCUT2D eigenvalue weighted by molar-refractivity contribution is 0.0322. The fraction of sp³-hybridized carbons (Fsp3) is 0.533. The number of carbonyl (C=O) groups is 1. The summed E-state index contributed by atoms with van der Waals surface area (Å²) >= 11 is 0. The van der Waals surface area contributed by atoms with Gasteiger partial charge in [-0.15, -0.1) is 12.4 Å². The lowest BCUT2D eigenvalue weighted by atomic mass is 10.1. The summed E-state index contributed by atoms with van der Waals surface area (Å²) < 4.78 is 10.9. The summed E-state index contributed by atoms with van der Waals surface area (Å²) in [6.07, 6.45) is 0.380. The quantitative estimate of drug-likeness (QED) is 0.815. The van der Waals surface area contributed by atoms with E-state index in [0.717, 1.165) is 32.8 Å². The zero-order valence-corrected chi connectivity index (χ0v) is 13.0. The van der Waals surface area contributed by atoms with Crippen molar-refractivity contribution in [3.05, 3.63) is 23.8 Å². The lowest BCUT2D eigenvalue weighted by Crippen LogP contribution is -2.38. The van der Waals surface area contributed by atoms with E-state index < -0.39 is 0 Å². The molecule has 1 fully saturated rings. The van der Waals surface area contributed by atoms with Gasteiger partial charge in [-0.1, -0.05) is 6.92 Å². The van der Waals surface area contributed by atoms with Gasteiger partial charge in [0.2, 0.25) is 0 Å². The van der Waals surface area contributed by atoms with Crippen LogP contribution in [0.2, 0.25) is 0 Å². The van der Waals surface area contributed by atoms with Gasteiger partial charge < -0.3 is 14.6 Å². The number of ketones is 1. The molecule has 0 bridgehead atoms. The molecule has 118 valence electrons. The van der Waals surface area contributed by atoms with Crippen LogP contribution in [-0.2, 0) is 4.74 Å². The van der Waals surface area contributed by atoms with Crippen LogP contribution in [-0.4, -0.2) is 55.2 Å². The van der Waals surface area contributed by atoms with Crippen molar-refractivity contribution in [1.82, 2.24) is 4.90 Å². The predicted molar refractivity (Wildman–Crippen MR) is 82.7 cm³/mol.